The number of amides is 2. The molecule has 32 heavy (non-hydrogen) atoms. The molecule has 0 atom stereocenters. The van der Waals surface area contributed by atoms with Crippen LogP contribution in [0.1, 0.15) is 21.0 Å². The third kappa shape index (κ3) is 5.27. The Balaban J connectivity index is 1.55. The number of carbonyl (C=O) groups is 2. The van der Waals surface area contributed by atoms with Gasteiger partial charge in [0.1, 0.15) is 5.75 Å². The molecule has 10 nitrogen and oxygen atoms in total. The highest BCUT2D eigenvalue weighted by molar-refractivity contribution is 6.31. The van der Waals surface area contributed by atoms with Crippen molar-refractivity contribution in [3.8, 4) is 28.6 Å². The molecule has 0 fully saturated rings. The molecule has 168 valence electrons. The summed E-state index contributed by atoms with van der Waals surface area (Å²) in [7, 11) is 4.50. The molecule has 2 aromatic carbocycles. The molecule has 3 aromatic rings. The normalized spacial score (nSPS) is 10.4. The zero-order valence-electron chi connectivity index (χ0n) is 17.6. The van der Waals surface area contributed by atoms with Crippen molar-refractivity contribution >= 4 is 23.4 Å². The van der Waals surface area contributed by atoms with E-state index >= 15 is 0 Å². The maximum absolute atomic E-state index is 12.3. The first kappa shape index (κ1) is 22.9. The Kier molecular flexibility index (Phi) is 7.50. The fourth-order valence-electron chi connectivity index (χ4n) is 2.79. The Morgan fingerprint density at radius 1 is 0.906 bits per heavy atom. The number of aromatic nitrogens is 2. The lowest BCUT2D eigenvalue weighted by molar-refractivity contribution is 0.0897. The number of benzene rings is 2. The molecule has 0 spiro atoms. The van der Waals surface area contributed by atoms with Gasteiger partial charge in [-0.05, 0) is 36.4 Å². The average Bonchev–Trinajstić information content (AvgIpc) is 3.31. The second-order valence-electron chi connectivity index (χ2n) is 6.35. The van der Waals surface area contributed by atoms with Crippen molar-refractivity contribution in [3.05, 3.63) is 52.9 Å². The van der Waals surface area contributed by atoms with Gasteiger partial charge in [-0.3, -0.25) is 9.59 Å². The fraction of sp³-hybridized carbons (Fsp3) is 0.238. The van der Waals surface area contributed by atoms with Gasteiger partial charge in [-0.25, -0.2) is 0 Å². The van der Waals surface area contributed by atoms with Crippen molar-refractivity contribution in [1.82, 2.24) is 20.8 Å². The number of carbonyl (C=O) groups excluding carboxylic acids is 2. The monoisotopic (exact) mass is 460 g/mol. The second-order valence-corrected chi connectivity index (χ2v) is 6.79. The van der Waals surface area contributed by atoms with Gasteiger partial charge in [-0.1, -0.05) is 16.8 Å². The van der Waals surface area contributed by atoms with E-state index in [1.54, 1.807) is 30.3 Å². The average molecular weight is 461 g/mol. The zero-order chi connectivity index (χ0) is 23.1. The summed E-state index contributed by atoms with van der Waals surface area (Å²) in [5.74, 6) is 0.494. The number of methoxy groups -OCH3 is 3. The van der Waals surface area contributed by atoms with Crippen LogP contribution in [0.25, 0.3) is 11.4 Å². The highest BCUT2D eigenvalue weighted by atomic mass is 35.5. The maximum Gasteiger partial charge on any atom is 0.316 e. The Labute approximate surface area is 188 Å². The molecule has 0 saturated carbocycles. The topological polar surface area (TPSA) is 125 Å². The van der Waals surface area contributed by atoms with Gasteiger partial charge in [-0.2, -0.15) is 4.98 Å². The molecule has 0 bridgehead atoms. The van der Waals surface area contributed by atoms with Crippen LogP contribution in [0.5, 0.6) is 17.2 Å². The number of rotatable bonds is 9. The van der Waals surface area contributed by atoms with Gasteiger partial charge in [0.05, 0.1) is 26.9 Å². The Morgan fingerprint density at radius 2 is 1.56 bits per heavy atom. The number of hydrogen-bond acceptors (Lipinski definition) is 8. The van der Waals surface area contributed by atoms with Crippen LogP contribution in [0.2, 0.25) is 5.02 Å². The Bertz CT molecular complexity index is 1120. The van der Waals surface area contributed by atoms with Crippen LogP contribution in [-0.4, -0.2) is 56.4 Å². The van der Waals surface area contributed by atoms with Gasteiger partial charge in [0.15, 0.2) is 11.5 Å². The Hall–Kier alpha value is -3.79. The molecule has 0 radical (unpaired) electrons. The number of nitrogens with one attached hydrogen (secondary N) is 2. The van der Waals surface area contributed by atoms with Gasteiger partial charge in [0.25, 0.3) is 5.91 Å². The van der Waals surface area contributed by atoms with E-state index in [0.29, 0.717) is 33.4 Å². The molecule has 11 heteroatoms. The molecule has 0 aliphatic carbocycles. The summed E-state index contributed by atoms with van der Waals surface area (Å²) < 4.78 is 20.6. The molecule has 0 unspecified atom stereocenters. The lowest BCUT2D eigenvalue weighted by atomic mass is 10.2. The van der Waals surface area contributed by atoms with E-state index in [-0.39, 0.29) is 30.7 Å². The molecule has 3 rings (SSSR count). The molecule has 0 aliphatic heterocycles. The fourth-order valence-corrected chi connectivity index (χ4v) is 2.96. The number of halogens is 1. The number of nitrogens with zero attached hydrogens (tertiary/aromatic N) is 2. The van der Waals surface area contributed by atoms with Crippen LogP contribution in [0, 0.1) is 0 Å². The minimum Gasteiger partial charge on any atom is -0.496 e. The molecule has 0 aliphatic rings. The summed E-state index contributed by atoms with van der Waals surface area (Å²) >= 11 is 5.94. The summed E-state index contributed by atoms with van der Waals surface area (Å²) in [6, 6.07) is 9.81. The summed E-state index contributed by atoms with van der Waals surface area (Å²) in [4.78, 5) is 28.7. The minimum absolute atomic E-state index is 0.140. The van der Waals surface area contributed by atoms with E-state index in [0.717, 1.165) is 0 Å². The molecule has 1 heterocycles. The first-order valence-electron chi connectivity index (χ1n) is 9.43. The number of hydrogen-bond donors (Lipinski definition) is 2. The van der Waals surface area contributed by atoms with Gasteiger partial charge >= 0.3 is 11.8 Å². The molecule has 2 amide bonds. The van der Waals surface area contributed by atoms with Crippen molar-refractivity contribution in [1.29, 1.82) is 0 Å². The quantitative estimate of drug-likeness (QED) is 0.467. The number of ether oxygens (including phenoxy) is 3. The van der Waals surface area contributed by atoms with E-state index in [4.69, 9.17) is 30.3 Å². The smallest absolute Gasteiger partial charge is 0.316 e. The van der Waals surface area contributed by atoms with Crippen LogP contribution < -0.4 is 24.8 Å². The first-order chi connectivity index (χ1) is 15.5. The van der Waals surface area contributed by atoms with Crippen molar-refractivity contribution in [2.24, 2.45) is 0 Å². The highest BCUT2D eigenvalue weighted by Crippen LogP contribution is 2.31. The van der Waals surface area contributed by atoms with E-state index < -0.39 is 5.91 Å². The first-order valence-corrected chi connectivity index (χ1v) is 9.80. The van der Waals surface area contributed by atoms with Crippen molar-refractivity contribution < 1.29 is 28.3 Å². The maximum atomic E-state index is 12.3. The van der Waals surface area contributed by atoms with Crippen LogP contribution in [0.4, 0.5) is 0 Å². The third-order valence-electron chi connectivity index (χ3n) is 4.36. The molecular formula is C21H21ClN4O6. The van der Waals surface area contributed by atoms with Crippen LogP contribution in [0.3, 0.4) is 0 Å². The largest absolute Gasteiger partial charge is 0.496 e. The van der Waals surface area contributed by atoms with Crippen molar-refractivity contribution in [2.75, 3.05) is 34.4 Å². The van der Waals surface area contributed by atoms with E-state index in [1.165, 1.54) is 27.4 Å². The van der Waals surface area contributed by atoms with Crippen molar-refractivity contribution in [2.45, 2.75) is 0 Å². The standard InChI is InChI=1S/C21H21ClN4O6/c1-29-15-7-5-13(22)11-14(15)19(27)23-8-9-24-20(28)21-25-18(26-32-21)12-4-6-16(30-2)17(10-12)31-3/h4-7,10-11H,8-9H2,1-3H3,(H,23,27)(H,24,28). The molecular weight excluding hydrogens is 440 g/mol. The Morgan fingerprint density at radius 3 is 2.25 bits per heavy atom. The zero-order valence-corrected chi connectivity index (χ0v) is 18.4. The van der Waals surface area contributed by atoms with Gasteiger partial charge in [0, 0.05) is 23.7 Å². The van der Waals surface area contributed by atoms with Crippen LogP contribution in [-0.2, 0) is 0 Å². The van der Waals surface area contributed by atoms with Gasteiger partial charge in [-0.15, -0.1) is 0 Å². The predicted molar refractivity (Wildman–Crippen MR) is 116 cm³/mol. The van der Waals surface area contributed by atoms with Crippen molar-refractivity contribution in [3.63, 3.8) is 0 Å². The van der Waals surface area contributed by atoms with E-state index in [2.05, 4.69) is 20.8 Å². The molecule has 0 saturated heterocycles. The van der Waals surface area contributed by atoms with E-state index in [1.807, 2.05) is 0 Å². The lowest BCUT2D eigenvalue weighted by Gasteiger charge is -2.10. The van der Waals surface area contributed by atoms with E-state index in [9.17, 15) is 9.59 Å². The van der Waals surface area contributed by atoms with Gasteiger partial charge in [0.2, 0.25) is 5.82 Å². The van der Waals surface area contributed by atoms with Crippen LogP contribution >= 0.6 is 11.6 Å². The SMILES string of the molecule is COc1ccc(-c2noc(C(=O)NCCNC(=O)c3cc(Cl)ccc3OC)n2)cc1OC. The summed E-state index contributed by atoms with van der Waals surface area (Å²) in [5.41, 5.74) is 0.885. The lowest BCUT2D eigenvalue weighted by Crippen LogP contribution is -2.35. The molecule has 1 aromatic heterocycles. The molecule has 2 N–H and O–H groups in total. The summed E-state index contributed by atoms with van der Waals surface area (Å²) in [6.45, 7) is 0.304. The van der Waals surface area contributed by atoms with Gasteiger partial charge < -0.3 is 29.4 Å². The predicted octanol–water partition coefficient (Wildman–Crippen LogP) is 2.58. The summed E-state index contributed by atoms with van der Waals surface area (Å²) in [6.07, 6.45) is 0. The second kappa shape index (κ2) is 10.5. The van der Waals surface area contributed by atoms with Crippen LogP contribution in [0.15, 0.2) is 40.9 Å². The third-order valence-corrected chi connectivity index (χ3v) is 4.60. The summed E-state index contributed by atoms with van der Waals surface area (Å²) in [5, 5.41) is 9.51. The minimum atomic E-state index is -0.571. The highest BCUT2D eigenvalue weighted by Gasteiger charge is 2.18.